The van der Waals surface area contributed by atoms with Crippen molar-refractivity contribution in [2.75, 3.05) is 6.54 Å². The lowest BCUT2D eigenvalue weighted by molar-refractivity contribution is 0.614. The molecule has 2 aromatic rings. The molecule has 3 rings (SSSR count). The summed E-state index contributed by atoms with van der Waals surface area (Å²) < 4.78 is 3.99. The molecule has 0 spiro atoms. The predicted molar refractivity (Wildman–Crippen MR) is 65.0 cm³/mol. The Morgan fingerprint density at radius 3 is 3.00 bits per heavy atom. The molecule has 1 aliphatic rings. The van der Waals surface area contributed by atoms with E-state index >= 15 is 0 Å². The van der Waals surface area contributed by atoms with Crippen LogP contribution in [0.25, 0.3) is 5.69 Å². The highest BCUT2D eigenvalue weighted by Gasteiger charge is 2.21. The molecule has 2 aromatic heterocycles. The Hall–Kier alpha value is -1.62. The molecular weight excluding hydrogens is 214 g/mol. The molecule has 5 heteroatoms. The van der Waals surface area contributed by atoms with E-state index in [4.69, 9.17) is 0 Å². The van der Waals surface area contributed by atoms with Crippen molar-refractivity contribution in [3.8, 4) is 5.69 Å². The van der Waals surface area contributed by atoms with Crippen LogP contribution in [0.1, 0.15) is 30.3 Å². The van der Waals surface area contributed by atoms with E-state index < -0.39 is 0 Å². The quantitative estimate of drug-likeness (QED) is 0.848. The molecule has 1 unspecified atom stereocenters. The SMILES string of the molecule is Cc1nn(C)cc1-n1cncc1C1CCCN1. The van der Waals surface area contributed by atoms with Crippen molar-refractivity contribution in [1.29, 1.82) is 0 Å². The molecule has 0 saturated carbocycles. The number of hydrogen-bond acceptors (Lipinski definition) is 3. The van der Waals surface area contributed by atoms with Crippen LogP contribution in [0.15, 0.2) is 18.7 Å². The third-order valence-corrected chi connectivity index (χ3v) is 3.33. The first-order chi connectivity index (χ1) is 8.25. The lowest BCUT2D eigenvalue weighted by atomic mass is 10.1. The summed E-state index contributed by atoms with van der Waals surface area (Å²) in [5, 5.41) is 7.89. The Labute approximate surface area is 100 Å². The highest BCUT2D eigenvalue weighted by molar-refractivity contribution is 5.36. The Morgan fingerprint density at radius 1 is 1.47 bits per heavy atom. The minimum Gasteiger partial charge on any atom is -0.309 e. The number of aryl methyl sites for hydroxylation is 2. The average molecular weight is 231 g/mol. The molecule has 1 atom stereocenters. The van der Waals surface area contributed by atoms with E-state index in [9.17, 15) is 0 Å². The van der Waals surface area contributed by atoms with E-state index in [2.05, 4.69) is 20.0 Å². The molecule has 1 N–H and O–H groups in total. The van der Waals surface area contributed by atoms with Gasteiger partial charge in [0, 0.05) is 19.3 Å². The van der Waals surface area contributed by atoms with Gasteiger partial charge in [-0.1, -0.05) is 0 Å². The van der Waals surface area contributed by atoms with Gasteiger partial charge in [-0.2, -0.15) is 5.10 Å². The van der Waals surface area contributed by atoms with Crippen LogP contribution in [0.4, 0.5) is 0 Å². The topological polar surface area (TPSA) is 47.7 Å². The molecule has 1 saturated heterocycles. The minimum atomic E-state index is 0.428. The van der Waals surface area contributed by atoms with Gasteiger partial charge in [0.1, 0.15) is 0 Å². The van der Waals surface area contributed by atoms with Crippen molar-refractivity contribution >= 4 is 0 Å². The zero-order valence-corrected chi connectivity index (χ0v) is 10.2. The summed E-state index contributed by atoms with van der Waals surface area (Å²) in [6.45, 7) is 3.13. The Kier molecular flexibility index (Phi) is 2.48. The summed E-state index contributed by atoms with van der Waals surface area (Å²) in [5.74, 6) is 0. The molecular formula is C12H17N5. The Bertz CT molecular complexity index is 519. The first kappa shape index (κ1) is 10.5. The van der Waals surface area contributed by atoms with Crippen LogP contribution >= 0.6 is 0 Å². The summed E-state index contributed by atoms with van der Waals surface area (Å²) in [5.41, 5.74) is 3.39. The van der Waals surface area contributed by atoms with Gasteiger partial charge in [-0.3, -0.25) is 9.25 Å². The van der Waals surface area contributed by atoms with Crippen LogP contribution in [-0.2, 0) is 7.05 Å². The van der Waals surface area contributed by atoms with Crippen molar-refractivity contribution in [3.05, 3.63) is 30.1 Å². The number of aromatic nitrogens is 4. The van der Waals surface area contributed by atoms with E-state index in [-0.39, 0.29) is 0 Å². The van der Waals surface area contributed by atoms with Gasteiger partial charge in [0.2, 0.25) is 0 Å². The second kappa shape index (κ2) is 4.00. The summed E-state index contributed by atoms with van der Waals surface area (Å²) in [6.07, 6.45) is 8.29. The van der Waals surface area contributed by atoms with Crippen LogP contribution in [0.2, 0.25) is 0 Å². The minimum absolute atomic E-state index is 0.428. The fourth-order valence-corrected chi connectivity index (χ4v) is 2.52. The maximum Gasteiger partial charge on any atom is 0.0995 e. The van der Waals surface area contributed by atoms with Crippen molar-refractivity contribution in [2.45, 2.75) is 25.8 Å². The van der Waals surface area contributed by atoms with Crippen LogP contribution < -0.4 is 5.32 Å². The highest BCUT2D eigenvalue weighted by Crippen LogP contribution is 2.25. The number of rotatable bonds is 2. The molecule has 0 radical (unpaired) electrons. The molecule has 0 bridgehead atoms. The second-order valence-electron chi connectivity index (χ2n) is 4.61. The van der Waals surface area contributed by atoms with Crippen molar-refractivity contribution in [1.82, 2.24) is 24.6 Å². The maximum atomic E-state index is 4.38. The van der Waals surface area contributed by atoms with Crippen molar-refractivity contribution in [3.63, 3.8) is 0 Å². The third kappa shape index (κ3) is 1.76. The zero-order chi connectivity index (χ0) is 11.8. The van der Waals surface area contributed by atoms with Crippen LogP contribution in [-0.4, -0.2) is 25.9 Å². The van der Waals surface area contributed by atoms with Gasteiger partial charge in [0.25, 0.3) is 0 Å². The van der Waals surface area contributed by atoms with Crippen molar-refractivity contribution < 1.29 is 0 Å². The summed E-state index contributed by atoms with van der Waals surface area (Å²) in [7, 11) is 1.95. The molecule has 1 aliphatic heterocycles. The number of nitrogens with zero attached hydrogens (tertiary/aromatic N) is 4. The van der Waals surface area contributed by atoms with E-state index in [0.717, 1.165) is 17.9 Å². The summed E-state index contributed by atoms with van der Waals surface area (Å²) in [4.78, 5) is 4.28. The van der Waals surface area contributed by atoms with Gasteiger partial charge in [0.15, 0.2) is 0 Å². The van der Waals surface area contributed by atoms with Crippen LogP contribution in [0.5, 0.6) is 0 Å². The number of hydrogen-bond donors (Lipinski definition) is 1. The molecule has 0 aromatic carbocycles. The van der Waals surface area contributed by atoms with E-state index in [1.807, 2.05) is 37.4 Å². The lowest BCUT2D eigenvalue weighted by Crippen LogP contribution is -2.16. The van der Waals surface area contributed by atoms with Crippen LogP contribution in [0, 0.1) is 6.92 Å². The maximum absolute atomic E-state index is 4.38. The zero-order valence-electron chi connectivity index (χ0n) is 10.2. The highest BCUT2D eigenvalue weighted by atomic mass is 15.3. The van der Waals surface area contributed by atoms with E-state index in [1.165, 1.54) is 18.5 Å². The van der Waals surface area contributed by atoms with Gasteiger partial charge < -0.3 is 5.32 Å². The van der Waals surface area contributed by atoms with Gasteiger partial charge in [-0.15, -0.1) is 0 Å². The van der Waals surface area contributed by atoms with Gasteiger partial charge in [-0.05, 0) is 26.3 Å². The fraction of sp³-hybridized carbons (Fsp3) is 0.500. The molecule has 0 aliphatic carbocycles. The largest absolute Gasteiger partial charge is 0.309 e. The standard InChI is InChI=1S/C12H17N5/c1-9-12(7-16(2)15-9)17-8-13-6-11(17)10-4-3-5-14-10/h6-8,10,14H,3-5H2,1-2H3. The number of imidazole rings is 1. The molecule has 5 nitrogen and oxygen atoms in total. The summed E-state index contributed by atoms with van der Waals surface area (Å²) >= 11 is 0. The van der Waals surface area contributed by atoms with Crippen molar-refractivity contribution in [2.24, 2.45) is 7.05 Å². The molecule has 17 heavy (non-hydrogen) atoms. The molecule has 1 fully saturated rings. The lowest BCUT2D eigenvalue weighted by Gasteiger charge is -2.12. The van der Waals surface area contributed by atoms with Gasteiger partial charge in [0.05, 0.1) is 29.6 Å². The predicted octanol–water partition coefficient (Wildman–Crippen LogP) is 1.34. The monoisotopic (exact) mass is 231 g/mol. The first-order valence-electron chi connectivity index (χ1n) is 6.02. The summed E-state index contributed by atoms with van der Waals surface area (Å²) in [6, 6.07) is 0.428. The number of nitrogens with one attached hydrogen (secondary N) is 1. The third-order valence-electron chi connectivity index (χ3n) is 3.33. The Balaban J connectivity index is 2.03. The fourth-order valence-electron chi connectivity index (χ4n) is 2.52. The van der Waals surface area contributed by atoms with E-state index in [0.29, 0.717) is 6.04 Å². The van der Waals surface area contributed by atoms with E-state index in [1.54, 1.807) is 0 Å². The molecule has 0 amide bonds. The second-order valence-corrected chi connectivity index (χ2v) is 4.61. The normalized spacial score (nSPS) is 20.0. The Morgan fingerprint density at radius 2 is 2.35 bits per heavy atom. The molecule has 90 valence electrons. The van der Waals surface area contributed by atoms with Gasteiger partial charge in [-0.25, -0.2) is 4.98 Å². The smallest absolute Gasteiger partial charge is 0.0995 e. The van der Waals surface area contributed by atoms with Gasteiger partial charge >= 0.3 is 0 Å². The van der Waals surface area contributed by atoms with Crippen LogP contribution in [0.3, 0.4) is 0 Å². The molecule has 3 heterocycles. The first-order valence-corrected chi connectivity index (χ1v) is 6.02. The average Bonchev–Trinajstić information content (AvgIpc) is 2.97.